The van der Waals surface area contributed by atoms with Crippen molar-refractivity contribution in [2.45, 2.75) is 6.92 Å². The number of hydrogen-bond acceptors (Lipinski definition) is 10. The van der Waals surface area contributed by atoms with Crippen LogP contribution in [0.1, 0.15) is 28.4 Å². The molecule has 186 valence electrons. The largest absolute Gasteiger partial charge is 0.490 e. The van der Waals surface area contributed by atoms with E-state index in [1.807, 2.05) is 6.92 Å². The highest BCUT2D eigenvalue weighted by Crippen LogP contribution is 2.35. The first kappa shape index (κ1) is 22.5. The molecular weight excluding hydrogens is 482 g/mol. The van der Waals surface area contributed by atoms with E-state index in [2.05, 4.69) is 4.99 Å². The summed E-state index contributed by atoms with van der Waals surface area (Å²) >= 11 is 0. The maximum atomic E-state index is 12.7. The zero-order valence-electron chi connectivity index (χ0n) is 19.5. The molecule has 0 bridgehead atoms. The number of benzene rings is 3. The molecular formula is C27H19NO9. The predicted octanol–water partition coefficient (Wildman–Crippen LogP) is 4.11. The van der Waals surface area contributed by atoms with Gasteiger partial charge in [0.2, 0.25) is 19.5 Å². The molecule has 10 heteroatoms. The average molecular weight is 501 g/mol. The summed E-state index contributed by atoms with van der Waals surface area (Å²) in [5.74, 6) is 1.76. The molecule has 0 amide bonds. The molecule has 3 aromatic carbocycles. The molecule has 0 spiro atoms. The van der Waals surface area contributed by atoms with Gasteiger partial charge in [-0.2, -0.15) is 0 Å². The van der Waals surface area contributed by atoms with Crippen LogP contribution in [0.15, 0.2) is 65.3 Å². The van der Waals surface area contributed by atoms with E-state index in [4.69, 9.17) is 33.2 Å². The summed E-state index contributed by atoms with van der Waals surface area (Å²) in [6.45, 7) is 2.39. The van der Waals surface area contributed by atoms with Crippen LogP contribution >= 0.6 is 0 Å². The van der Waals surface area contributed by atoms with E-state index in [0.29, 0.717) is 52.0 Å². The Morgan fingerprint density at radius 2 is 1.62 bits per heavy atom. The number of hydrogen-bond donors (Lipinski definition) is 0. The van der Waals surface area contributed by atoms with Gasteiger partial charge in [0.1, 0.15) is 0 Å². The Hall–Kier alpha value is -4.99. The van der Waals surface area contributed by atoms with Crippen LogP contribution in [0.3, 0.4) is 0 Å². The molecule has 0 saturated carbocycles. The second-order valence-electron chi connectivity index (χ2n) is 8.00. The minimum absolute atomic E-state index is 0.106. The van der Waals surface area contributed by atoms with E-state index in [1.165, 1.54) is 0 Å². The van der Waals surface area contributed by atoms with Crippen molar-refractivity contribution in [2.24, 2.45) is 4.99 Å². The third-order valence-electron chi connectivity index (χ3n) is 5.62. The third kappa shape index (κ3) is 4.40. The lowest BCUT2D eigenvalue weighted by atomic mass is 10.1. The molecule has 6 rings (SSSR count). The third-order valence-corrected chi connectivity index (χ3v) is 5.62. The monoisotopic (exact) mass is 501 g/mol. The number of nitrogens with zero attached hydrogens (tertiary/aromatic N) is 1. The molecule has 3 aromatic rings. The van der Waals surface area contributed by atoms with Crippen molar-refractivity contribution < 1.29 is 42.7 Å². The highest BCUT2D eigenvalue weighted by Gasteiger charge is 2.26. The van der Waals surface area contributed by atoms with E-state index in [1.54, 1.807) is 60.7 Å². The summed E-state index contributed by atoms with van der Waals surface area (Å²) in [5, 5.41) is 0. The Morgan fingerprint density at radius 1 is 0.892 bits per heavy atom. The number of cyclic esters (lactones) is 1. The van der Waals surface area contributed by atoms with Gasteiger partial charge >= 0.3 is 11.9 Å². The van der Waals surface area contributed by atoms with Crippen LogP contribution in [-0.2, 0) is 9.53 Å². The number of fused-ring (bicyclic) bond motifs is 2. The van der Waals surface area contributed by atoms with Crippen molar-refractivity contribution in [1.82, 2.24) is 0 Å². The van der Waals surface area contributed by atoms with E-state index in [-0.39, 0.29) is 30.9 Å². The molecule has 3 aliphatic rings. The molecule has 0 aliphatic carbocycles. The van der Waals surface area contributed by atoms with Gasteiger partial charge in [-0.15, -0.1) is 0 Å². The first-order valence-corrected chi connectivity index (χ1v) is 11.4. The molecule has 0 unspecified atom stereocenters. The summed E-state index contributed by atoms with van der Waals surface area (Å²) in [6.07, 6.45) is 1.56. The van der Waals surface area contributed by atoms with Crippen molar-refractivity contribution >= 4 is 23.9 Å². The number of aliphatic imine (C=N–C) groups is 1. The van der Waals surface area contributed by atoms with Gasteiger partial charge in [-0.1, -0.05) is 6.07 Å². The van der Waals surface area contributed by atoms with Crippen LogP contribution in [-0.4, -0.2) is 38.0 Å². The van der Waals surface area contributed by atoms with Gasteiger partial charge in [0, 0.05) is 5.56 Å². The lowest BCUT2D eigenvalue weighted by Crippen LogP contribution is -2.09. The Balaban J connectivity index is 1.24. The molecule has 0 fully saturated rings. The van der Waals surface area contributed by atoms with Gasteiger partial charge in [-0.05, 0) is 67.1 Å². The van der Waals surface area contributed by atoms with Crippen molar-refractivity contribution in [3.8, 4) is 34.5 Å². The van der Waals surface area contributed by atoms with Crippen LogP contribution in [0.4, 0.5) is 0 Å². The fourth-order valence-corrected chi connectivity index (χ4v) is 3.87. The van der Waals surface area contributed by atoms with E-state index < -0.39 is 11.9 Å². The van der Waals surface area contributed by atoms with Gasteiger partial charge in [-0.3, -0.25) is 0 Å². The zero-order valence-corrected chi connectivity index (χ0v) is 19.5. The normalized spacial score (nSPS) is 16.0. The standard InChI is InChI=1S/C27H19NO9/c1-2-31-22-10-15(3-6-21(22)36-26(29)17-5-8-20-24(12-17)35-14-33-20)9-18-27(30)37-25(28-18)16-4-7-19-23(11-16)34-13-32-19/h3-12H,2,13-14H2,1H3. The Morgan fingerprint density at radius 3 is 2.41 bits per heavy atom. The number of rotatable bonds is 6. The Kier molecular flexibility index (Phi) is 5.61. The van der Waals surface area contributed by atoms with Crippen molar-refractivity contribution in [1.29, 1.82) is 0 Å². The first-order valence-electron chi connectivity index (χ1n) is 11.4. The molecule has 3 heterocycles. The Bertz CT molecular complexity index is 1490. The van der Waals surface area contributed by atoms with Gasteiger partial charge in [0.05, 0.1) is 12.2 Å². The number of carbonyl (C=O) groups is 2. The smallest absolute Gasteiger partial charge is 0.363 e. The van der Waals surface area contributed by atoms with Crippen LogP contribution in [0.5, 0.6) is 34.5 Å². The molecule has 0 N–H and O–H groups in total. The second kappa shape index (κ2) is 9.23. The van der Waals surface area contributed by atoms with Gasteiger partial charge in [0.15, 0.2) is 40.2 Å². The van der Waals surface area contributed by atoms with Crippen molar-refractivity contribution in [2.75, 3.05) is 20.2 Å². The molecule has 10 nitrogen and oxygen atoms in total. The summed E-state index contributed by atoms with van der Waals surface area (Å²) in [5.41, 5.74) is 1.60. The van der Waals surface area contributed by atoms with E-state index in [9.17, 15) is 9.59 Å². The molecule has 0 aromatic heterocycles. The topological polar surface area (TPSA) is 111 Å². The zero-order chi connectivity index (χ0) is 25.4. The maximum absolute atomic E-state index is 12.7. The second-order valence-corrected chi connectivity index (χ2v) is 8.00. The number of ether oxygens (including phenoxy) is 7. The molecule has 3 aliphatic heterocycles. The van der Waals surface area contributed by atoms with Gasteiger partial charge < -0.3 is 33.2 Å². The molecule has 37 heavy (non-hydrogen) atoms. The molecule has 0 saturated heterocycles. The van der Waals surface area contributed by atoms with Crippen LogP contribution < -0.4 is 28.4 Å². The highest BCUT2D eigenvalue weighted by atomic mass is 16.7. The van der Waals surface area contributed by atoms with Gasteiger partial charge in [0.25, 0.3) is 0 Å². The average Bonchev–Trinajstić information content (AvgIpc) is 3.65. The van der Waals surface area contributed by atoms with Crippen molar-refractivity contribution in [3.05, 3.63) is 77.0 Å². The predicted molar refractivity (Wildman–Crippen MR) is 128 cm³/mol. The fraction of sp³-hybridized carbons (Fsp3) is 0.148. The van der Waals surface area contributed by atoms with Gasteiger partial charge in [-0.25, -0.2) is 14.6 Å². The lowest BCUT2D eigenvalue weighted by molar-refractivity contribution is -0.129. The molecule has 0 atom stereocenters. The van der Waals surface area contributed by atoms with E-state index >= 15 is 0 Å². The summed E-state index contributed by atoms with van der Waals surface area (Å²) in [6, 6.07) is 14.9. The lowest BCUT2D eigenvalue weighted by Gasteiger charge is -2.11. The Labute approximate surface area is 210 Å². The minimum atomic E-state index is -0.594. The summed E-state index contributed by atoms with van der Waals surface area (Å²) < 4.78 is 37.9. The van der Waals surface area contributed by atoms with E-state index in [0.717, 1.165) is 0 Å². The maximum Gasteiger partial charge on any atom is 0.363 e. The molecule has 0 radical (unpaired) electrons. The summed E-state index contributed by atoms with van der Waals surface area (Å²) in [4.78, 5) is 29.5. The van der Waals surface area contributed by atoms with Crippen LogP contribution in [0.25, 0.3) is 6.08 Å². The highest BCUT2D eigenvalue weighted by molar-refractivity contribution is 6.13. The SMILES string of the molecule is CCOc1cc(C=C2N=C(c3ccc4c(c3)OCO4)OC2=O)ccc1OC(=O)c1ccc2c(c1)OCO2. The van der Waals surface area contributed by atoms with Crippen LogP contribution in [0, 0.1) is 0 Å². The summed E-state index contributed by atoms with van der Waals surface area (Å²) in [7, 11) is 0. The number of esters is 2. The quantitative estimate of drug-likeness (QED) is 0.280. The minimum Gasteiger partial charge on any atom is -0.490 e. The number of carbonyl (C=O) groups excluding carboxylic acids is 2. The fourth-order valence-electron chi connectivity index (χ4n) is 3.87. The van der Waals surface area contributed by atoms with Crippen molar-refractivity contribution in [3.63, 3.8) is 0 Å². The van der Waals surface area contributed by atoms with Crippen LogP contribution in [0.2, 0.25) is 0 Å². The first-order chi connectivity index (χ1) is 18.1.